The largest absolute Gasteiger partial charge is 0.398 e. The Morgan fingerprint density at radius 2 is 2.22 bits per heavy atom. The molecule has 1 heterocycles. The molecule has 1 aromatic heterocycles. The van der Waals surface area contributed by atoms with Crippen LogP contribution in [0.3, 0.4) is 0 Å². The van der Waals surface area contributed by atoms with E-state index in [4.69, 9.17) is 17.3 Å². The lowest BCUT2D eigenvalue weighted by Crippen LogP contribution is -2.12. The van der Waals surface area contributed by atoms with Crippen LogP contribution in [0, 0.1) is 6.92 Å². The van der Waals surface area contributed by atoms with Gasteiger partial charge in [-0.2, -0.15) is 5.10 Å². The fraction of sp³-hybridized carbons (Fsp3) is 0.231. The molecule has 4 nitrogen and oxygen atoms in total. The minimum absolute atomic E-state index is 0.149. The molecule has 0 spiro atoms. The molecule has 0 aliphatic heterocycles. The first-order chi connectivity index (χ1) is 8.56. The van der Waals surface area contributed by atoms with Crippen molar-refractivity contribution in [3.63, 3.8) is 0 Å². The minimum atomic E-state index is -0.149. The Bertz CT molecular complexity index is 604. The van der Waals surface area contributed by atoms with E-state index < -0.39 is 0 Å². The van der Waals surface area contributed by atoms with Crippen LogP contribution in [0.2, 0.25) is 5.02 Å². The maximum absolute atomic E-state index is 12.5. The molecule has 0 amide bonds. The summed E-state index contributed by atoms with van der Waals surface area (Å²) < 4.78 is 1.59. The molecule has 2 N–H and O–H groups in total. The van der Waals surface area contributed by atoms with Crippen molar-refractivity contribution >= 4 is 23.1 Å². The van der Waals surface area contributed by atoms with Crippen LogP contribution in [-0.4, -0.2) is 15.6 Å². The number of benzene rings is 1. The van der Waals surface area contributed by atoms with Crippen LogP contribution in [0.25, 0.3) is 0 Å². The predicted molar refractivity (Wildman–Crippen MR) is 71.9 cm³/mol. The van der Waals surface area contributed by atoms with Gasteiger partial charge in [-0.1, -0.05) is 23.7 Å². The number of ketones is 1. The average Bonchev–Trinajstić information content (AvgIpc) is 2.73. The van der Waals surface area contributed by atoms with E-state index in [1.165, 1.54) is 6.20 Å². The molecule has 94 valence electrons. The van der Waals surface area contributed by atoms with Gasteiger partial charge in [0.25, 0.3) is 0 Å². The highest BCUT2D eigenvalue weighted by atomic mass is 35.5. The van der Waals surface area contributed by atoms with E-state index >= 15 is 0 Å². The molecule has 0 radical (unpaired) electrons. The molecular weight excluding hydrogens is 250 g/mol. The van der Waals surface area contributed by atoms with E-state index in [0.717, 1.165) is 5.56 Å². The molecule has 2 aromatic rings. The Morgan fingerprint density at radius 3 is 2.89 bits per heavy atom. The summed E-state index contributed by atoms with van der Waals surface area (Å²) in [7, 11) is 0. The number of nitrogen functional groups attached to an aromatic ring is 1. The van der Waals surface area contributed by atoms with Crippen molar-refractivity contribution in [3.8, 4) is 0 Å². The van der Waals surface area contributed by atoms with E-state index in [1.807, 2.05) is 13.8 Å². The van der Waals surface area contributed by atoms with Gasteiger partial charge < -0.3 is 5.73 Å². The summed E-state index contributed by atoms with van der Waals surface area (Å²) in [5.74, 6) is -0.149. The maximum atomic E-state index is 12.5. The molecule has 0 fully saturated rings. The predicted octanol–water partition coefficient (Wildman–Crippen LogP) is 2.68. The van der Waals surface area contributed by atoms with Crippen molar-refractivity contribution in [3.05, 3.63) is 46.2 Å². The Morgan fingerprint density at radius 1 is 1.50 bits per heavy atom. The van der Waals surface area contributed by atoms with Crippen LogP contribution in [0.1, 0.15) is 28.5 Å². The molecule has 0 aliphatic rings. The first kappa shape index (κ1) is 12.6. The number of rotatable bonds is 3. The molecule has 0 bridgehead atoms. The van der Waals surface area contributed by atoms with E-state index in [1.54, 1.807) is 22.9 Å². The summed E-state index contributed by atoms with van der Waals surface area (Å²) in [6.07, 6.45) is 1.49. The van der Waals surface area contributed by atoms with E-state index in [9.17, 15) is 4.79 Å². The monoisotopic (exact) mass is 263 g/mol. The molecule has 0 aliphatic carbocycles. The van der Waals surface area contributed by atoms with Crippen LogP contribution < -0.4 is 5.73 Å². The SMILES string of the molecule is CCn1ncc(Cl)c1C(=O)c1cccc(N)c1C. The molecule has 2 rings (SSSR count). The summed E-state index contributed by atoms with van der Waals surface area (Å²) in [5.41, 5.74) is 8.15. The molecule has 0 saturated carbocycles. The number of anilines is 1. The third-order valence-electron chi connectivity index (χ3n) is 2.93. The van der Waals surface area contributed by atoms with Crippen LogP contribution in [0.5, 0.6) is 0 Å². The summed E-state index contributed by atoms with van der Waals surface area (Å²) in [6, 6.07) is 5.28. The summed E-state index contributed by atoms with van der Waals surface area (Å²) in [5, 5.41) is 4.43. The number of carbonyl (C=O) groups is 1. The smallest absolute Gasteiger partial charge is 0.212 e. The van der Waals surface area contributed by atoms with Crippen molar-refractivity contribution in [2.45, 2.75) is 20.4 Å². The second-order valence-corrected chi connectivity index (χ2v) is 4.41. The fourth-order valence-corrected chi connectivity index (χ4v) is 2.08. The highest BCUT2D eigenvalue weighted by Crippen LogP contribution is 2.23. The van der Waals surface area contributed by atoms with Crippen molar-refractivity contribution in [1.82, 2.24) is 9.78 Å². The van der Waals surface area contributed by atoms with Crippen molar-refractivity contribution in [2.24, 2.45) is 0 Å². The Hall–Kier alpha value is -1.81. The first-order valence-corrected chi connectivity index (χ1v) is 6.05. The number of hydrogen-bond acceptors (Lipinski definition) is 3. The van der Waals surface area contributed by atoms with Gasteiger partial charge in [-0.25, -0.2) is 0 Å². The van der Waals surface area contributed by atoms with Gasteiger partial charge in [0.15, 0.2) is 0 Å². The van der Waals surface area contributed by atoms with Gasteiger partial charge in [-0.15, -0.1) is 0 Å². The summed E-state index contributed by atoms with van der Waals surface area (Å²) in [6.45, 7) is 4.32. The van der Waals surface area contributed by atoms with Gasteiger partial charge >= 0.3 is 0 Å². The molecular formula is C13H14ClN3O. The number of aryl methyl sites for hydroxylation is 1. The van der Waals surface area contributed by atoms with Crippen LogP contribution in [0.15, 0.2) is 24.4 Å². The van der Waals surface area contributed by atoms with Gasteiger partial charge in [0.1, 0.15) is 5.69 Å². The van der Waals surface area contributed by atoms with Crippen molar-refractivity contribution < 1.29 is 4.79 Å². The van der Waals surface area contributed by atoms with Gasteiger partial charge in [-0.05, 0) is 25.5 Å². The number of hydrogen-bond donors (Lipinski definition) is 1. The second-order valence-electron chi connectivity index (χ2n) is 4.01. The standard InChI is InChI=1S/C13H14ClN3O/c1-3-17-12(10(14)7-16-17)13(18)9-5-4-6-11(15)8(9)2/h4-7H,3,15H2,1-2H3. The Labute approximate surface area is 110 Å². The molecule has 0 saturated heterocycles. The zero-order valence-corrected chi connectivity index (χ0v) is 11.0. The Balaban J connectivity index is 2.55. The fourth-order valence-electron chi connectivity index (χ4n) is 1.86. The van der Waals surface area contributed by atoms with E-state index in [2.05, 4.69) is 5.10 Å². The van der Waals surface area contributed by atoms with Crippen LogP contribution in [0.4, 0.5) is 5.69 Å². The topological polar surface area (TPSA) is 60.9 Å². The van der Waals surface area contributed by atoms with Gasteiger partial charge in [0.2, 0.25) is 5.78 Å². The number of nitrogens with zero attached hydrogens (tertiary/aromatic N) is 2. The number of nitrogens with two attached hydrogens (primary N) is 1. The third kappa shape index (κ3) is 1.99. The van der Waals surface area contributed by atoms with Crippen molar-refractivity contribution in [2.75, 3.05) is 5.73 Å². The molecule has 1 aromatic carbocycles. The minimum Gasteiger partial charge on any atom is -0.398 e. The number of aromatic nitrogens is 2. The van der Waals surface area contributed by atoms with Crippen LogP contribution in [-0.2, 0) is 6.54 Å². The lowest BCUT2D eigenvalue weighted by atomic mass is 10.0. The molecule has 0 atom stereocenters. The Kier molecular flexibility index (Phi) is 3.39. The van der Waals surface area contributed by atoms with Gasteiger partial charge in [-0.3, -0.25) is 9.48 Å². The number of carbonyl (C=O) groups excluding carboxylic acids is 1. The molecule has 0 unspecified atom stereocenters. The zero-order valence-electron chi connectivity index (χ0n) is 10.3. The molecule has 5 heteroatoms. The third-order valence-corrected chi connectivity index (χ3v) is 3.21. The zero-order chi connectivity index (χ0) is 13.3. The van der Waals surface area contributed by atoms with Crippen LogP contribution >= 0.6 is 11.6 Å². The van der Waals surface area contributed by atoms with Crippen molar-refractivity contribution in [1.29, 1.82) is 0 Å². The second kappa shape index (κ2) is 4.82. The van der Waals surface area contributed by atoms with Gasteiger partial charge in [0, 0.05) is 17.8 Å². The lowest BCUT2D eigenvalue weighted by molar-refractivity contribution is 0.102. The lowest BCUT2D eigenvalue weighted by Gasteiger charge is -2.09. The maximum Gasteiger partial charge on any atom is 0.212 e. The quantitative estimate of drug-likeness (QED) is 0.684. The van der Waals surface area contributed by atoms with E-state index in [-0.39, 0.29) is 5.78 Å². The van der Waals surface area contributed by atoms with E-state index in [0.29, 0.717) is 28.5 Å². The summed E-state index contributed by atoms with van der Waals surface area (Å²) >= 11 is 6.03. The first-order valence-electron chi connectivity index (χ1n) is 5.67. The summed E-state index contributed by atoms with van der Waals surface area (Å²) in [4.78, 5) is 12.5. The highest BCUT2D eigenvalue weighted by Gasteiger charge is 2.20. The molecule has 18 heavy (non-hydrogen) atoms. The number of halogens is 1. The highest BCUT2D eigenvalue weighted by molar-refractivity contribution is 6.34. The average molecular weight is 264 g/mol. The van der Waals surface area contributed by atoms with Gasteiger partial charge in [0.05, 0.1) is 11.2 Å². The normalized spacial score (nSPS) is 10.6.